The maximum Gasteiger partial charge on any atom is 0.240 e. The van der Waals surface area contributed by atoms with E-state index in [4.69, 9.17) is 17.3 Å². The highest BCUT2D eigenvalue weighted by Gasteiger charge is 2.26. The van der Waals surface area contributed by atoms with Gasteiger partial charge in [-0.15, -0.1) is 0 Å². The van der Waals surface area contributed by atoms with Gasteiger partial charge >= 0.3 is 0 Å². The number of halogens is 1. The van der Waals surface area contributed by atoms with Gasteiger partial charge in [-0.05, 0) is 42.5 Å². The van der Waals surface area contributed by atoms with Gasteiger partial charge in [-0.25, -0.2) is 13.1 Å². The average molecular weight is 331 g/mol. The van der Waals surface area contributed by atoms with Crippen molar-refractivity contribution in [1.82, 2.24) is 4.72 Å². The van der Waals surface area contributed by atoms with Crippen molar-refractivity contribution in [2.24, 2.45) is 11.7 Å². The molecular formula is C15H23ClN2O2S. The zero-order chi connectivity index (χ0) is 15.5. The molecule has 1 aliphatic carbocycles. The van der Waals surface area contributed by atoms with E-state index < -0.39 is 10.0 Å². The van der Waals surface area contributed by atoms with Crippen LogP contribution in [0.1, 0.15) is 44.6 Å². The smallest absolute Gasteiger partial charge is 0.240 e. The SMILES string of the molecule is CC1CCCCCC1NS(=O)(=O)c1ccc(Cl)c(CN)c1. The first kappa shape index (κ1) is 16.7. The number of nitrogens with one attached hydrogen (secondary N) is 1. The van der Waals surface area contributed by atoms with Gasteiger partial charge in [-0.1, -0.05) is 37.8 Å². The molecule has 0 amide bonds. The molecule has 2 unspecified atom stereocenters. The molecule has 1 saturated carbocycles. The summed E-state index contributed by atoms with van der Waals surface area (Å²) in [7, 11) is -3.52. The summed E-state index contributed by atoms with van der Waals surface area (Å²) in [5.41, 5.74) is 6.24. The summed E-state index contributed by atoms with van der Waals surface area (Å²) in [6.07, 6.45) is 5.41. The Balaban J connectivity index is 2.21. The highest BCUT2D eigenvalue weighted by atomic mass is 35.5. The molecule has 2 atom stereocenters. The highest BCUT2D eigenvalue weighted by Crippen LogP contribution is 2.25. The molecule has 0 spiro atoms. The van der Waals surface area contributed by atoms with E-state index in [9.17, 15) is 8.42 Å². The summed E-state index contributed by atoms with van der Waals surface area (Å²) >= 11 is 5.99. The molecule has 6 heteroatoms. The topological polar surface area (TPSA) is 72.2 Å². The van der Waals surface area contributed by atoms with Gasteiger partial charge in [0.05, 0.1) is 4.90 Å². The van der Waals surface area contributed by atoms with E-state index in [0.29, 0.717) is 16.5 Å². The molecule has 0 radical (unpaired) electrons. The summed E-state index contributed by atoms with van der Waals surface area (Å²) in [6, 6.07) is 4.70. The van der Waals surface area contributed by atoms with E-state index in [1.165, 1.54) is 18.9 Å². The van der Waals surface area contributed by atoms with Gasteiger partial charge in [0.1, 0.15) is 0 Å². The Labute approximate surface area is 132 Å². The van der Waals surface area contributed by atoms with Crippen LogP contribution < -0.4 is 10.5 Å². The summed E-state index contributed by atoms with van der Waals surface area (Å²) in [6.45, 7) is 2.34. The molecule has 21 heavy (non-hydrogen) atoms. The Morgan fingerprint density at radius 2 is 2.00 bits per heavy atom. The molecule has 1 aromatic carbocycles. The van der Waals surface area contributed by atoms with Crippen molar-refractivity contribution < 1.29 is 8.42 Å². The van der Waals surface area contributed by atoms with E-state index in [1.807, 2.05) is 0 Å². The van der Waals surface area contributed by atoms with Crippen LogP contribution >= 0.6 is 11.6 Å². The Hall–Kier alpha value is -0.620. The number of benzene rings is 1. The first-order chi connectivity index (χ1) is 9.94. The Bertz CT molecular complexity index is 589. The fourth-order valence-corrected chi connectivity index (χ4v) is 4.43. The van der Waals surface area contributed by atoms with Gasteiger partial charge in [-0.3, -0.25) is 0 Å². The molecule has 3 N–H and O–H groups in total. The van der Waals surface area contributed by atoms with Gasteiger partial charge in [0.15, 0.2) is 0 Å². The van der Waals surface area contributed by atoms with Crippen LogP contribution in [-0.2, 0) is 16.6 Å². The number of nitrogens with two attached hydrogens (primary N) is 1. The fourth-order valence-electron chi connectivity index (χ4n) is 2.81. The lowest BCUT2D eigenvalue weighted by molar-refractivity contribution is 0.399. The third-order valence-corrected chi connectivity index (χ3v) is 6.07. The third-order valence-electron chi connectivity index (χ3n) is 4.22. The zero-order valence-electron chi connectivity index (χ0n) is 12.3. The number of hydrogen-bond donors (Lipinski definition) is 2. The molecule has 1 aliphatic rings. The minimum absolute atomic E-state index is 0.00880. The molecule has 2 rings (SSSR count). The maximum atomic E-state index is 12.5. The minimum Gasteiger partial charge on any atom is -0.326 e. The lowest BCUT2D eigenvalue weighted by Gasteiger charge is -2.22. The van der Waals surface area contributed by atoms with Crippen molar-refractivity contribution in [3.05, 3.63) is 28.8 Å². The van der Waals surface area contributed by atoms with Crippen LogP contribution in [0.3, 0.4) is 0 Å². The lowest BCUT2D eigenvalue weighted by atomic mass is 9.98. The summed E-state index contributed by atoms with van der Waals surface area (Å²) in [4.78, 5) is 0.240. The number of hydrogen-bond acceptors (Lipinski definition) is 3. The van der Waals surface area contributed by atoms with Gasteiger partial charge < -0.3 is 5.73 Å². The second kappa shape index (κ2) is 7.09. The Kier molecular flexibility index (Phi) is 5.66. The zero-order valence-corrected chi connectivity index (χ0v) is 13.9. The lowest BCUT2D eigenvalue weighted by Crippen LogP contribution is -2.38. The van der Waals surface area contributed by atoms with Crippen LogP contribution in [-0.4, -0.2) is 14.5 Å². The monoisotopic (exact) mass is 330 g/mol. The van der Waals surface area contributed by atoms with Crippen LogP contribution in [0.4, 0.5) is 0 Å². The predicted molar refractivity (Wildman–Crippen MR) is 85.7 cm³/mol. The highest BCUT2D eigenvalue weighted by molar-refractivity contribution is 7.89. The number of sulfonamides is 1. The van der Waals surface area contributed by atoms with Crippen molar-refractivity contribution in [3.8, 4) is 0 Å². The molecule has 1 aromatic rings. The van der Waals surface area contributed by atoms with Crippen molar-refractivity contribution in [3.63, 3.8) is 0 Å². The minimum atomic E-state index is -3.52. The third kappa shape index (κ3) is 4.19. The van der Waals surface area contributed by atoms with Crippen LogP contribution in [0, 0.1) is 5.92 Å². The second-order valence-corrected chi connectivity index (χ2v) is 7.92. The molecular weight excluding hydrogens is 308 g/mol. The van der Waals surface area contributed by atoms with Gasteiger partial charge in [0.2, 0.25) is 10.0 Å². The van der Waals surface area contributed by atoms with Crippen LogP contribution in [0.5, 0.6) is 0 Å². The van der Waals surface area contributed by atoms with Crippen molar-refractivity contribution in [2.75, 3.05) is 0 Å². The molecule has 0 aliphatic heterocycles. The quantitative estimate of drug-likeness (QED) is 0.833. The van der Waals surface area contributed by atoms with Crippen molar-refractivity contribution in [1.29, 1.82) is 0 Å². The predicted octanol–water partition coefficient (Wildman–Crippen LogP) is 3.05. The molecule has 1 fully saturated rings. The molecule has 0 heterocycles. The molecule has 118 valence electrons. The van der Waals surface area contributed by atoms with Gasteiger partial charge in [0.25, 0.3) is 0 Å². The number of rotatable bonds is 4. The molecule has 0 saturated heterocycles. The normalized spacial score (nSPS) is 23.8. The summed E-state index contributed by atoms with van der Waals surface area (Å²) < 4.78 is 27.9. The largest absolute Gasteiger partial charge is 0.326 e. The van der Waals surface area contributed by atoms with Gasteiger partial charge in [0, 0.05) is 17.6 Å². The fraction of sp³-hybridized carbons (Fsp3) is 0.600. The van der Waals surface area contributed by atoms with E-state index in [-0.39, 0.29) is 17.5 Å². The van der Waals surface area contributed by atoms with Crippen LogP contribution in [0.15, 0.2) is 23.1 Å². The van der Waals surface area contributed by atoms with Crippen LogP contribution in [0.2, 0.25) is 5.02 Å². The Morgan fingerprint density at radius 1 is 1.29 bits per heavy atom. The molecule has 0 bridgehead atoms. The van der Waals surface area contributed by atoms with E-state index in [2.05, 4.69) is 11.6 Å². The maximum absolute atomic E-state index is 12.5. The summed E-state index contributed by atoms with van der Waals surface area (Å²) in [5.74, 6) is 0.364. The second-order valence-electron chi connectivity index (χ2n) is 5.80. The molecule has 4 nitrogen and oxygen atoms in total. The standard InChI is InChI=1S/C15H23ClN2O2S/c1-11-5-3-2-4-6-15(11)18-21(19,20)13-7-8-14(16)12(9-13)10-17/h7-9,11,15,18H,2-6,10,17H2,1H3. The first-order valence-corrected chi connectivity index (χ1v) is 9.31. The Morgan fingerprint density at radius 3 is 2.71 bits per heavy atom. The van der Waals surface area contributed by atoms with Crippen molar-refractivity contribution >= 4 is 21.6 Å². The summed E-state index contributed by atoms with van der Waals surface area (Å²) in [5, 5.41) is 0.499. The van der Waals surface area contributed by atoms with Crippen molar-refractivity contribution in [2.45, 2.75) is 56.5 Å². The van der Waals surface area contributed by atoms with E-state index in [0.717, 1.165) is 19.3 Å². The van der Waals surface area contributed by atoms with E-state index >= 15 is 0 Å². The average Bonchev–Trinajstić information content (AvgIpc) is 2.64. The van der Waals surface area contributed by atoms with Crippen LogP contribution in [0.25, 0.3) is 0 Å². The van der Waals surface area contributed by atoms with Gasteiger partial charge in [-0.2, -0.15) is 0 Å². The molecule has 0 aromatic heterocycles. The van der Waals surface area contributed by atoms with E-state index in [1.54, 1.807) is 12.1 Å². The first-order valence-electron chi connectivity index (χ1n) is 7.45.